The molecule has 0 amide bonds. The van der Waals surface area contributed by atoms with E-state index in [1.165, 1.54) is 0 Å². The third-order valence-electron chi connectivity index (χ3n) is 4.10. The molecule has 0 saturated carbocycles. The zero-order valence-corrected chi connectivity index (χ0v) is 16.9. The molecule has 0 N–H and O–H groups in total. The van der Waals surface area contributed by atoms with Gasteiger partial charge in [-0.15, -0.1) is 0 Å². The normalized spacial score (nSPS) is 26.2. The fourth-order valence-corrected chi connectivity index (χ4v) is 11.0. The van der Waals surface area contributed by atoms with Crippen LogP contribution in [0.15, 0.2) is 23.4 Å². The Morgan fingerprint density at radius 3 is 1.50 bits per heavy atom. The molecule has 18 heavy (non-hydrogen) atoms. The summed E-state index contributed by atoms with van der Waals surface area (Å²) in [7, 11) is -3.37. The molecule has 1 aliphatic carbocycles. The second-order valence-electron chi connectivity index (χ2n) is 9.01. The van der Waals surface area contributed by atoms with Crippen LogP contribution in [0.4, 0.5) is 0 Å². The molecule has 3 heteroatoms. The maximum atomic E-state index is 2.70. The fourth-order valence-electron chi connectivity index (χ4n) is 2.80. The predicted octanol–water partition coefficient (Wildman–Crippen LogP) is 5.78. The summed E-state index contributed by atoms with van der Waals surface area (Å²) in [5.41, 5.74) is 1.71. The minimum atomic E-state index is -1.15. The van der Waals surface area contributed by atoms with E-state index in [9.17, 15) is 0 Å². The lowest BCUT2D eigenvalue weighted by molar-refractivity contribution is 0.927. The average molecular weight is 297 g/mol. The van der Waals surface area contributed by atoms with Crippen molar-refractivity contribution in [2.45, 2.75) is 70.0 Å². The summed E-state index contributed by atoms with van der Waals surface area (Å²) in [6.07, 6.45) is 7.76. The summed E-state index contributed by atoms with van der Waals surface area (Å²) in [6.45, 7) is 22.6. The minimum absolute atomic E-state index is 0.851. The molecule has 0 aromatic rings. The van der Waals surface area contributed by atoms with E-state index in [0.717, 1.165) is 11.1 Å². The zero-order valence-electron chi connectivity index (χ0n) is 13.9. The Hall–Kier alpha value is 0.131. The van der Waals surface area contributed by atoms with Crippen LogP contribution in [-0.4, -0.2) is 24.2 Å². The van der Waals surface area contributed by atoms with Crippen molar-refractivity contribution in [1.29, 1.82) is 0 Å². The summed E-state index contributed by atoms with van der Waals surface area (Å²) in [6, 6.07) is 0. The largest absolute Gasteiger partial charge is 0.0846 e. The molecule has 0 aromatic carbocycles. The highest BCUT2D eigenvalue weighted by molar-refractivity contribution is 6.86. The van der Waals surface area contributed by atoms with Crippen LogP contribution in [0.25, 0.3) is 0 Å². The van der Waals surface area contributed by atoms with Crippen molar-refractivity contribution >= 4 is 24.2 Å². The Balaban J connectivity index is 3.18. The third kappa shape index (κ3) is 3.81. The van der Waals surface area contributed by atoms with E-state index in [1.54, 1.807) is 5.20 Å². The summed E-state index contributed by atoms with van der Waals surface area (Å²) in [5, 5.41) is 1.68. The van der Waals surface area contributed by atoms with Gasteiger partial charge in [-0.2, -0.15) is 0 Å². The number of rotatable bonds is 3. The molecule has 0 saturated heterocycles. The Kier molecular flexibility index (Phi) is 4.41. The highest BCUT2D eigenvalue weighted by atomic mass is 28.3. The van der Waals surface area contributed by atoms with Gasteiger partial charge in [0.25, 0.3) is 0 Å². The van der Waals surface area contributed by atoms with Crippen LogP contribution in [-0.2, 0) is 0 Å². The topological polar surface area (TPSA) is 0 Å². The van der Waals surface area contributed by atoms with Crippen LogP contribution in [0.3, 0.4) is 0 Å². The van der Waals surface area contributed by atoms with Gasteiger partial charge >= 0.3 is 0 Å². The average Bonchev–Trinajstić information content (AvgIpc) is 2.12. The molecule has 0 spiro atoms. The first-order valence-corrected chi connectivity index (χ1v) is 17.9. The molecular weight excluding hydrogens is 264 g/mol. The molecule has 0 heterocycles. The van der Waals surface area contributed by atoms with E-state index < -0.39 is 24.2 Å². The zero-order chi connectivity index (χ0) is 14.4. The van der Waals surface area contributed by atoms with Crippen molar-refractivity contribution in [2.75, 3.05) is 0 Å². The first kappa shape index (κ1) is 16.2. The molecule has 1 aliphatic rings. The van der Waals surface area contributed by atoms with Crippen LogP contribution in [0, 0.1) is 0 Å². The van der Waals surface area contributed by atoms with Gasteiger partial charge in [0.05, 0.1) is 24.2 Å². The minimum Gasteiger partial charge on any atom is -0.0846 e. The molecule has 0 aromatic heterocycles. The lowest BCUT2D eigenvalue weighted by Gasteiger charge is -2.42. The summed E-state index contributed by atoms with van der Waals surface area (Å²) >= 11 is 0. The molecule has 0 unspecified atom stereocenters. The second kappa shape index (κ2) is 4.91. The van der Waals surface area contributed by atoms with Gasteiger partial charge in [-0.1, -0.05) is 82.3 Å². The Bertz CT molecular complexity index is 359. The molecular formula is C15H32Si3. The molecule has 0 nitrogen and oxygen atoms in total. The predicted molar refractivity (Wildman–Crippen MR) is 94.8 cm³/mol. The van der Waals surface area contributed by atoms with Crippen molar-refractivity contribution < 1.29 is 0 Å². The van der Waals surface area contributed by atoms with E-state index in [0.29, 0.717) is 0 Å². The van der Waals surface area contributed by atoms with Gasteiger partial charge in [0.1, 0.15) is 0 Å². The Labute approximate surface area is 118 Å². The van der Waals surface area contributed by atoms with Crippen LogP contribution in [0.1, 0.15) is 0 Å². The van der Waals surface area contributed by atoms with Crippen LogP contribution >= 0.6 is 0 Å². The van der Waals surface area contributed by atoms with Crippen molar-refractivity contribution in [2.24, 2.45) is 0 Å². The lowest BCUT2D eigenvalue weighted by Crippen LogP contribution is -2.41. The highest BCUT2D eigenvalue weighted by Crippen LogP contribution is 2.46. The van der Waals surface area contributed by atoms with Gasteiger partial charge in [-0.25, -0.2) is 0 Å². The van der Waals surface area contributed by atoms with Gasteiger partial charge in [0.15, 0.2) is 0 Å². The first-order valence-electron chi connectivity index (χ1n) is 7.24. The first-order chi connectivity index (χ1) is 7.83. The van der Waals surface area contributed by atoms with Gasteiger partial charge in [0.2, 0.25) is 0 Å². The number of hydrogen-bond donors (Lipinski definition) is 0. The van der Waals surface area contributed by atoms with Crippen molar-refractivity contribution in [1.82, 2.24) is 0 Å². The summed E-state index contributed by atoms with van der Waals surface area (Å²) < 4.78 is 0. The van der Waals surface area contributed by atoms with Gasteiger partial charge in [-0.3, -0.25) is 0 Å². The molecule has 104 valence electrons. The molecule has 0 radical (unpaired) electrons. The van der Waals surface area contributed by atoms with Crippen LogP contribution < -0.4 is 0 Å². The highest BCUT2D eigenvalue weighted by Gasteiger charge is 2.40. The monoisotopic (exact) mass is 296 g/mol. The smallest absolute Gasteiger partial charge is 0.0771 e. The Morgan fingerprint density at radius 1 is 0.722 bits per heavy atom. The molecule has 2 atom stereocenters. The van der Waals surface area contributed by atoms with Crippen LogP contribution in [0.5, 0.6) is 0 Å². The SMILES string of the molecule is C[Si](C)(C)C1=C[C@H]([Si](C)(C)C)[C@@H]([Si](C)(C)C)C=C1. The number of hydrogen-bond acceptors (Lipinski definition) is 0. The van der Waals surface area contributed by atoms with Crippen LogP contribution in [0.2, 0.25) is 70.0 Å². The van der Waals surface area contributed by atoms with Crippen molar-refractivity contribution in [3.05, 3.63) is 23.4 Å². The lowest BCUT2D eigenvalue weighted by atomic mass is 10.2. The third-order valence-corrected chi connectivity index (χ3v) is 11.6. The molecule has 0 bridgehead atoms. The van der Waals surface area contributed by atoms with E-state index >= 15 is 0 Å². The van der Waals surface area contributed by atoms with E-state index in [1.807, 2.05) is 0 Å². The maximum Gasteiger partial charge on any atom is 0.0771 e. The fraction of sp³-hybridized carbons (Fsp3) is 0.733. The van der Waals surface area contributed by atoms with Crippen molar-refractivity contribution in [3.8, 4) is 0 Å². The van der Waals surface area contributed by atoms with Gasteiger partial charge in [-0.05, 0) is 11.1 Å². The maximum absolute atomic E-state index is 2.70. The molecule has 0 aliphatic heterocycles. The van der Waals surface area contributed by atoms with E-state index in [2.05, 4.69) is 77.2 Å². The molecule has 1 rings (SSSR count). The Morgan fingerprint density at radius 2 is 1.17 bits per heavy atom. The van der Waals surface area contributed by atoms with E-state index in [-0.39, 0.29) is 0 Å². The summed E-state index contributed by atoms with van der Waals surface area (Å²) in [5.74, 6) is 0. The van der Waals surface area contributed by atoms with E-state index in [4.69, 9.17) is 0 Å². The van der Waals surface area contributed by atoms with Crippen molar-refractivity contribution in [3.63, 3.8) is 0 Å². The standard InChI is InChI=1S/C15H32Si3/c1-16(2,3)13-10-11-14(17(4,5)6)15(12-13)18(7,8)9/h10-12,14-15H,1-9H3/t14-,15-/m0/s1. The van der Waals surface area contributed by atoms with Gasteiger partial charge < -0.3 is 0 Å². The summed E-state index contributed by atoms with van der Waals surface area (Å²) in [4.78, 5) is 0. The second-order valence-corrected chi connectivity index (χ2v) is 24.9. The van der Waals surface area contributed by atoms with Gasteiger partial charge in [0, 0.05) is 0 Å². The molecule has 0 fully saturated rings. The quantitative estimate of drug-likeness (QED) is 0.579. The number of allylic oxidation sites excluding steroid dienone is 4.